The lowest BCUT2D eigenvalue weighted by Gasteiger charge is -2.06. The average Bonchev–Trinajstić information content (AvgIpc) is 3.00. The Morgan fingerprint density at radius 2 is 2.14 bits per heavy atom. The van der Waals surface area contributed by atoms with Gasteiger partial charge < -0.3 is 4.42 Å². The first-order valence-corrected chi connectivity index (χ1v) is 6.63. The highest BCUT2D eigenvalue weighted by Gasteiger charge is 2.16. The van der Waals surface area contributed by atoms with E-state index < -0.39 is 11.7 Å². The van der Waals surface area contributed by atoms with Gasteiger partial charge in [-0.1, -0.05) is 23.7 Å². The van der Waals surface area contributed by atoms with E-state index >= 15 is 0 Å². The first-order chi connectivity index (χ1) is 10.6. The maximum Gasteiger partial charge on any atom is 0.301 e. The molecule has 5 nitrogen and oxygen atoms in total. The minimum Gasteiger partial charge on any atom is -0.432 e. The molecule has 0 atom stereocenters. The van der Waals surface area contributed by atoms with Crippen LogP contribution in [0.2, 0.25) is 5.02 Å². The predicted molar refractivity (Wildman–Crippen MR) is 79.1 cm³/mol. The van der Waals surface area contributed by atoms with E-state index in [1.807, 2.05) is 0 Å². The molecule has 2 heterocycles. The molecular weight excluding hydrogens is 309 g/mol. The highest BCUT2D eigenvalue weighted by molar-refractivity contribution is 6.30. The highest BCUT2D eigenvalue weighted by atomic mass is 35.5. The molecule has 22 heavy (non-hydrogen) atoms. The van der Waals surface area contributed by atoms with Crippen LogP contribution >= 0.6 is 11.6 Å². The molecule has 7 heteroatoms. The van der Waals surface area contributed by atoms with Gasteiger partial charge in [0, 0.05) is 10.6 Å². The first-order valence-electron chi connectivity index (χ1n) is 6.26. The van der Waals surface area contributed by atoms with E-state index in [1.54, 1.807) is 24.3 Å². The highest BCUT2D eigenvalue weighted by Crippen LogP contribution is 2.23. The number of aromatic nitrogens is 2. The Morgan fingerprint density at radius 3 is 2.86 bits per heavy atom. The summed E-state index contributed by atoms with van der Waals surface area (Å²) in [5.74, 6) is -1.42. The summed E-state index contributed by atoms with van der Waals surface area (Å²) in [6.45, 7) is 0. The van der Waals surface area contributed by atoms with Crippen LogP contribution in [0.4, 0.5) is 10.4 Å². The van der Waals surface area contributed by atoms with Gasteiger partial charge in [-0.15, -0.1) is 0 Å². The lowest BCUT2D eigenvalue weighted by Crippen LogP contribution is -2.14. The van der Waals surface area contributed by atoms with Crippen molar-refractivity contribution in [1.29, 1.82) is 0 Å². The van der Waals surface area contributed by atoms with Gasteiger partial charge >= 0.3 is 6.01 Å². The standard InChI is InChI=1S/C15H9ClFN3O2/c16-10-3-1-2-9(6-10)13-7-11(12(17)8-19-13)14(21)20-15-18-4-5-22-15/h1-8H,(H,18,20,21). The number of nitrogens with zero attached hydrogens (tertiary/aromatic N) is 2. The summed E-state index contributed by atoms with van der Waals surface area (Å²) in [6, 6.07) is 8.24. The Bertz CT molecular complexity index is 821. The summed E-state index contributed by atoms with van der Waals surface area (Å²) < 4.78 is 18.7. The monoisotopic (exact) mass is 317 g/mol. The molecule has 1 N–H and O–H groups in total. The molecule has 110 valence electrons. The van der Waals surface area contributed by atoms with E-state index in [-0.39, 0.29) is 11.6 Å². The van der Waals surface area contributed by atoms with Gasteiger partial charge in [0.25, 0.3) is 5.91 Å². The average molecular weight is 318 g/mol. The van der Waals surface area contributed by atoms with Crippen LogP contribution in [0, 0.1) is 5.82 Å². The second-order valence-corrected chi connectivity index (χ2v) is 4.79. The molecule has 0 bridgehead atoms. The van der Waals surface area contributed by atoms with E-state index in [1.165, 1.54) is 18.5 Å². The Hall–Kier alpha value is -2.73. The second-order valence-electron chi connectivity index (χ2n) is 4.35. The number of rotatable bonds is 3. The summed E-state index contributed by atoms with van der Waals surface area (Å²) in [4.78, 5) is 19.8. The number of carbonyl (C=O) groups is 1. The zero-order chi connectivity index (χ0) is 15.5. The second kappa shape index (κ2) is 5.95. The van der Waals surface area contributed by atoms with E-state index in [0.717, 1.165) is 6.20 Å². The largest absolute Gasteiger partial charge is 0.432 e. The smallest absolute Gasteiger partial charge is 0.301 e. The van der Waals surface area contributed by atoms with E-state index in [4.69, 9.17) is 16.0 Å². The molecule has 3 aromatic rings. The van der Waals surface area contributed by atoms with Gasteiger partial charge in [-0.25, -0.2) is 9.37 Å². The van der Waals surface area contributed by atoms with Gasteiger partial charge in [-0.2, -0.15) is 0 Å². The van der Waals surface area contributed by atoms with Crippen LogP contribution in [0.1, 0.15) is 10.4 Å². The van der Waals surface area contributed by atoms with Crippen molar-refractivity contribution in [3.05, 3.63) is 65.4 Å². The normalized spacial score (nSPS) is 10.5. The van der Waals surface area contributed by atoms with Crippen LogP contribution in [-0.2, 0) is 0 Å². The zero-order valence-corrected chi connectivity index (χ0v) is 11.8. The molecule has 0 radical (unpaired) electrons. The van der Waals surface area contributed by atoms with Gasteiger partial charge in [0.15, 0.2) is 5.82 Å². The number of oxazole rings is 1. The van der Waals surface area contributed by atoms with E-state index in [0.29, 0.717) is 16.3 Å². The van der Waals surface area contributed by atoms with Crippen molar-refractivity contribution in [3.8, 4) is 11.3 Å². The number of anilines is 1. The fourth-order valence-electron chi connectivity index (χ4n) is 1.87. The zero-order valence-electron chi connectivity index (χ0n) is 11.1. The van der Waals surface area contributed by atoms with Crippen molar-refractivity contribution in [3.63, 3.8) is 0 Å². The maximum absolute atomic E-state index is 13.8. The Labute approximate surface area is 129 Å². The van der Waals surface area contributed by atoms with Crippen LogP contribution in [0.15, 0.2) is 53.4 Å². The van der Waals surface area contributed by atoms with Crippen LogP contribution < -0.4 is 5.32 Å². The quantitative estimate of drug-likeness (QED) is 0.798. The third-order valence-electron chi connectivity index (χ3n) is 2.87. The molecule has 0 spiro atoms. The molecule has 0 fully saturated rings. The number of amides is 1. The Balaban J connectivity index is 1.94. The van der Waals surface area contributed by atoms with Crippen molar-refractivity contribution >= 4 is 23.5 Å². The topological polar surface area (TPSA) is 68.0 Å². The number of nitrogens with one attached hydrogen (secondary N) is 1. The number of halogens is 2. The van der Waals surface area contributed by atoms with Crippen LogP contribution in [0.5, 0.6) is 0 Å². The summed E-state index contributed by atoms with van der Waals surface area (Å²) in [7, 11) is 0. The van der Waals surface area contributed by atoms with Crippen molar-refractivity contribution < 1.29 is 13.6 Å². The first kappa shape index (κ1) is 14.2. The number of carbonyl (C=O) groups excluding carboxylic acids is 1. The van der Waals surface area contributed by atoms with Crippen LogP contribution in [0.3, 0.4) is 0 Å². The molecular formula is C15H9ClFN3O2. The van der Waals surface area contributed by atoms with Gasteiger partial charge in [-0.05, 0) is 18.2 Å². The lowest BCUT2D eigenvalue weighted by atomic mass is 10.1. The molecule has 2 aromatic heterocycles. The van der Waals surface area contributed by atoms with Gasteiger partial charge in [0.05, 0.1) is 23.7 Å². The molecule has 0 saturated carbocycles. The maximum atomic E-state index is 13.8. The number of benzene rings is 1. The molecule has 0 aliphatic heterocycles. The fraction of sp³-hybridized carbons (Fsp3) is 0. The molecule has 1 aromatic carbocycles. The van der Waals surface area contributed by atoms with Crippen molar-refractivity contribution in [2.45, 2.75) is 0 Å². The summed E-state index contributed by atoms with van der Waals surface area (Å²) >= 11 is 5.92. The number of hydrogen-bond acceptors (Lipinski definition) is 4. The number of hydrogen-bond donors (Lipinski definition) is 1. The van der Waals surface area contributed by atoms with E-state index in [9.17, 15) is 9.18 Å². The molecule has 0 saturated heterocycles. The Kier molecular flexibility index (Phi) is 3.84. The predicted octanol–water partition coefficient (Wildman–Crippen LogP) is 3.78. The molecule has 0 aliphatic rings. The van der Waals surface area contributed by atoms with Gasteiger partial charge in [0.2, 0.25) is 0 Å². The number of pyridine rings is 1. The van der Waals surface area contributed by atoms with Crippen LogP contribution in [-0.4, -0.2) is 15.9 Å². The third-order valence-corrected chi connectivity index (χ3v) is 3.11. The van der Waals surface area contributed by atoms with Gasteiger partial charge in [0.1, 0.15) is 6.26 Å². The molecule has 1 amide bonds. The third kappa shape index (κ3) is 2.96. The Morgan fingerprint density at radius 1 is 1.27 bits per heavy atom. The summed E-state index contributed by atoms with van der Waals surface area (Å²) in [5.41, 5.74) is 0.947. The lowest BCUT2D eigenvalue weighted by molar-refractivity contribution is 0.102. The minimum atomic E-state index is -0.741. The molecule has 0 unspecified atom stereocenters. The SMILES string of the molecule is O=C(Nc1ncco1)c1cc(-c2cccc(Cl)c2)ncc1F. The summed E-state index contributed by atoms with van der Waals surface area (Å²) in [5, 5.41) is 2.88. The molecule has 0 aliphatic carbocycles. The molecule has 3 rings (SSSR count). The van der Waals surface area contributed by atoms with Crippen molar-refractivity contribution in [2.75, 3.05) is 5.32 Å². The van der Waals surface area contributed by atoms with Crippen molar-refractivity contribution in [2.24, 2.45) is 0 Å². The van der Waals surface area contributed by atoms with Gasteiger partial charge in [-0.3, -0.25) is 15.1 Å². The van der Waals surface area contributed by atoms with Crippen LogP contribution in [0.25, 0.3) is 11.3 Å². The summed E-state index contributed by atoms with van der Waals surface area (Å²) in [6.07, 6.45) is 3.66. The fourth-order valence-corrected chi connectivity index (χ4v) is 2.06. The van der Waals surface area contributed by atoms with E-state index in [2.05, 4.69) is 15.3 Å². The van der Waals surface area contributed by atoms with Crippen molar-refractivity contribution in [1.82, 2.24) is 9.97 Å². The minimum absolute atomic E-state index is 0.00878.